The van der Waals surface area contributed by atoms with Crippen molar-refractivity contribution in [2.75, 3.05) is 7.11 Å². The van der Waals surface area contributed by atoms with Gasteiger partial charge >= 0.3 is 0 Å². The summed E-state index contributed by atoms with van der Waals surface area (Å²) in [6.07, 6.45) is 4.05. The highest BCUT2D eigenvalue weighted by molar-refractivity contribution is 8.18. The van der Waals surface area contributed by atoms with Crippen LogP contribution in [0, 0.1) is 0 Å². The molecule has 1 fully saturated rings. The molecule has 35 heavy (non-hydrogen) atoms. The summed E-state index contributed by atoms with van der Waals surface area (Å²) < 4.78 is 11.7. The van der Waals surface area contributed by atoms with E-state index in [9.17, 15) is 9.59 Å². The summed E-state index contributed by atoms with van der Waals surface area (Å²) in [6.45, 7) is 4.44. The predicted octanol–water partition coefficient (Wildman–Crippen LogP) is 6.89. The fraction of sp³-hybridized carbons (Fsp3) is 0.143. The van der Waals surface area contributed by atoms with Crippen molar-refractivity contribution in [2.45, 2.75) is 19.6 Å². The third-order valence-electron chi connectivity index (χ3n) is 5.39. The van der Waals surface area contributed by atoms with Crippen molar-refractivity contribution in [2.24, 2.45) is 0 Å². The highest BCUT2D eigenvalue weighted by atomic mass is 35.5. The zero-order chi connectivity index (χ0) is 24.8. The highest BCUT2D eigenvalue weighted by Crippen LogP contribution is 2.38. The van der Waals surface area contributed by atoms with Gasteiger partial charge in [0.25, 0.3) is 11.1 Å². The van der Waals surface area contributed by atoms with E-state index in [1.165, 1.54) is 4.90 Å². The van der Waals surface area contributed by atoms with E-state index in [1.54, 1.807) is 49.6 Å². The molecular weight excluding hydrogens is 482 g/mol. The van der Waals surface area contributed by atoms with Crippen LogP contribution in [0.1, 0.15) is 22.3 Å². The van der Waals surface area contributed by atoms with Crippen LogP contribution in [0.4, 0.5) is 4.79 Å². The Balaban J connectivity index is 1.59. The normalized spacial score (nSPS) is 14.5. The molecule has 1 saturated heterocycles. The number of hydrogen-bond donors (Lipinski definition) is 0. The maximum absolute atomic E-state index is 13.0. The number of hydrogen-bond acceptors (Lipinski definition) is 5. The number of benzene rings is 3. The molecule has 0 saturated carbocycles. The van der Waals surface area contributed by atoms with Gasteiger partial charge in [0.15, 0.2) is 11.5 Å². The predicted molar refractivity (Wildman–Crippen MR) is 141 cm³/mol. The first kappa shape index (κ1) is 24.6. The number of carbonyl (C=O) groups excluding carboxylic acids is 2. The van der Waals surface area contributed by atoms with Crippen LogP contribution in [0.3, 0.4) is 0 Å². The minimum absolute atomic E-state index is 0.191. The lowest BCUT2D eigenvalue weighted by atomic mass is 10.0. The lowest BCUT2D eigenvalue weighted by Crippen LogP contribution is -2.27. The molecule has 1 aliphatic heterocycles. The Hall–Kier alpha value is -3.48. The molecule has 0 aromatic heterocycles. The number of allylic oxidation sites excluding steroid dienone is 1. The van der Waals surface area contributed by atoms with E-state index < -0.39 is 0 Å². The number of amides is 2. The van der Waals surface area contributed by atoms with Gasteiger partial charge in [-0.15, -0.1) is 6.58 Å². The van der Waals surface area contributed by atoms with Crippen molar-refractivity contribution < 1.29 is 19.1 Å². The lowest BCUT2D eigenvalue weighted by molar-refractivity contribution is -0.123. The first-order chi connectivity index (χ1) is 17.0. The van der Waals surface area contributed by atoms with Crippen molar-refractivity contribution in [1.29, 1.82) is 0 Å². The highest BCUT2D eigenvalue weighted by Gasteiger charge is 2.35. The Morgan fingerprint density at radius 2 is 1.77 bits per heavy atom. The number of rotatable bonds is 9. The molecule has 4 rings (SSSR count). The molecule has 1 heterocycles. The molecule has 178 valence electrons. The summed E-state index contributed by atoms with van der Waals surface area (Å²) in [5.41, 5.74) is 3.48. The van der Waals surface area contributed by atoms with Crippen molar-refractivity contribution in [3.05, 3.63) is 112 Å². The Labute approximate surface area is 214 Å². The molecule has 0 spiro atoms. The molecule has 7 heteroatoms. The van der Waals surface area contributed by atoms with Gasteiger partial charge in [0.2, 0.25) is 0 Å². The molecule has 0 bridgehead atoms. The minimum Gasteiger partial charge on any atom is -0.493 e. The van der Waals surface area contributed by atoms with E-state index in [-0.39, 0.29) is 17.7 Å². The second kappa shape index (κ2) is 11.3. The average Bonchev–Trinajstić information content (AvgIpc) is 3.12. The summed E-state index contributed by atoms with van der Waals surface area (Å²) in [5.74, 6) is 0.847. The average molecular weight is 506 g/mol. The summed E-state index contributed by atoms with van der Waals surface area (Å²) in [7, 11) is 1.58. The molecule has 0 unspecified atom stereocenters. The maximum Gasteiger partial charge on any atom is 0.293 e. The van der Waals surface area contributed by atoms with Crippen LogP contribution in [0.5, 0.6) is 11.5 Å². The molecule has 3 aromatic rings. The van der Waals surface area contributed by atoms with Gasteiger partial charge in [-0.25, -0.2) is 0 Å². The van der Waals surface area contributed by atoms with Crippen LogP contribution < -0.4 is 9.47 Å². The van der Waals surface area contributed by atoms with E-state index in [4.69, 9.17) is 21.1 Å². The van der Waals surface area contributed by atoms with Crippen molar-refractivity contribution in [1.82, 2.24) is 4.90 Å². The Morgan fingerprint density at radius 3 is 2.46 bits per heavy atom. The number of nitrogens with zero attached hydrogens (tertiary/aromatic N) is 1. The number of carbonyl (C=O) groups is 2. The van der Waals surface area contributed by atoms with E-state index in [2.05, 4.69) is 6.58 Å². The van der Waals surface area contributed by atoms with Gasteiger partial charge in [-0.1, -0.05) is 60.1 Å². The third-order valence-corrected chi connectivity index (χ3v) is 6.55. The number of halogens is 1. The summed E-state index contributed by atoms with van der Waals surface area (Å²) in [6, 6.07) is 20.7. The van der Waals surface area contributed by atoms with Gasteiger partial charge in [-0.2, -0.15) is 0 Å². The van der Waals surface area contributed by atoms with Gasteiger partial charge in [-0.05, 0) is 65.2 Å². The van der Waals surface area contributed by atoms with E-state index in [0.29, 0.717) is 34.5 Å². The van der Waals surface area contributed by atoms with Crippen molar-refractivity contribution in [3.63, 3.8) is 0 Å². The molecule has 2 amide bonds. The third kappa shape index (κ3) is 5.96. The molecular formula is C28H24ClNO4S. The number of thioether (sulfide) groups is 1. The van der Waals surface area contributed by atoms with Crippen LogP contribution in [-0.2, 0) is 24.4 Å². The van der Waals surface area contributed by atoms with Crippen molar-refractivity contribution in [3.8, 4) is 11.5 Å². The van der Waals surface area contributed by atoms with Crippen molar-refractivity contribution >= 4 is 40.6 Å². The minimum atomic E-state index is -0.330. The van der Waals surface area contributed by atoms with E-state index in [1.807, 2.05) is 36.4 Å². The second-order valence-corrected chi connectivity index (χ2v) is 9.30. The number of imide groups is 1. The SMILES string of the molecule is C=CCc1cc(/C=C2\SC(=O)N(Cc3ccc(Cl)cc3)C2=O)cc(OC)c1OCc1ccccc1. The van der Waals surface area contributed by atoms with Gasteiger partial charge in [0.05, 0.1) is 18.6 Å². The topological polar surface area (TPSA) is 55.8 Å². The fourth-order valence-corrected chi connectivity index (χ4v) is 4.64. The van der Waals surface area contributed by atoms with Crippen LogP contribution in [0.25, 0.3) is 6.08 Å². The molecule has 0 atom stereocenters. The van der Waals surface area contributed by atoms with E-state index in [0.717, 1.165) is 34.0 Å². The monoisotopic (exact) mass is 505 g/mol. The van der Waals surface area contributed by atoms with Crippen LogP contribution in [0.15, 0.2) is 84.3 Å². The lowest BCUT2D eigenvalue weighted by Gasteiger charge is -2.16. The number of ether oxygens (including phenoxy) is 2. The quantitative estimate of drug-likeness (QED) is 0.234. The molecule has 5 nitrogen and oxygen atoms in total. The molecule has 0 aliphatic carbocycles. The fourth-order valence-electron chi connectivity index (χ4n) is 3.68. The van der Waals surface area contributed by atoms with Crippen LogP contribution in [0.2, 0.25) is 5.02 Å². The Morgan fingerprint density at radius 1 is 1.03 bits per heavy atom. The Kier molecular flexibility index (Phi) is 7.95. The first-order valence-electron chi connectivity index (χ1n) is 11.0. The zero-order valence-corrected chi connectivity index (χ0v) is 20.8. The summed E-state index contributed by atoms with van der Waals surface area (Å²) >= 11 is 6.86. The number of methoxy groups -OCH3 is 1. The smallest absolute Gasteiger partial charge is 0.293 e. The molecule has 1 aliphatic rings. The molecule has 0 N–H and O–H groups in total. The standard InChI is InChI=1S/C28H24ClNO4S/c1-3-7-22-14-21(15-24(33-2)26(22)34-18-20-8-5-4-6-9-20)16-25-27(31)30(28(32)35-25)17-19-10-12-23(29)13-11-19/h3-6,8-16H,1,7,17-18H2,2H3/b25-16-. The van der Waals surface area contributed by atoms with Gasteiger partial charge in [0, 0.05) is 10.6 Å². The van der Waals surface area contributed by atoms with E-state index >= 15 is 0 Å². The Bertz CT molecular complexity index is 1270. The molecule has 0 radical (unpaired) electrons. The second-order valence-electron chi connectivity index (χ2n) is 7.87. The first-order valence-corrected chi connectivity index (χ1v) is 12.2. The largest absolute Gasteiger partial charge is 0.493 e. The van der Waals surface area contributed by atoms with Gasteiger partial charge in [-0.3, -0.25) is 14.5 Å². The summed E-state index contributed by atoms with van der Waals surface area (Å²) in [4.78, 5) is 27.2. The van der Waals surface area contributed by atoms with Crippen LogP contribution >= 0.6 is 23.4 Å². The molecule has 3 aromatic carbocycles. The van der Waals surface area contributed by atoms with Crippen LogP contribution in [-0.4, -0.2) is 23.2 Å². The summed E-state index contributed by atoms with van der Waals surface area (Å²) in [5, 5.41) is 0.292. The van der Waals surface area contributed by atoms with Gasteiger partial charge in [0.1, 0.15) is 6.61 Å². The van der Waals surface area contributed by atoms with Gasteiger partial charge < -0.3 is 9.47 Å². The zero-order valence-electron chi connectivity index (χ0n) is 19.2. The maximum atomic E-state index is 13.0.